The third-order valence-electron chi connectivity index (χ3n) is 6.10. The van der Waals surface area contributed by atoms with Gasteiger partial charge in [-0.05, 0) is 55.4 Å². The number of rotatable bonds is 6. The van der Waals surface area contributed by atoms with E-state index in [-0.39, 0.29) is 6.29 Å². The zero-order valence-corrected chi connectivity index (χ0v) is 17.2. The molecule has 1 saturated carbocycles. The van der Waals surface area contributed by atoms with Crippen LogP contribution in [-0.4, -0.2) is 35.6 Å². The quantitative estimate of drug-likeness (QED) is 0.586. The molecule has 0 atom stereocenters. The molecule has 140 valence electrons. The average Bonchev–Trinajstić information content (AvgIpc) is 2.62. The molecule has 0 radical (unpaired) electrons. The van der Waals surface area contributed by atoms with Gasteiger partial charge in [0.1, 0.15) is 0 Å². The van der Waals surface area contributed by atoms with Gasteiger partial charge in [-0.15, -0.1) is 23.5 Å². The Morgan fingerprint density at radius 3 is 1.96 bits per heavy atom. The molecule has 2 nitrogen and oxygen atoms in total. The fourth-order valence-electron chi connectivity index (χ4n) is 4.18. The molecule has 2 saturated heterocycles. The van der Waals surface area contributed by atoms with Crippen LogP contribution in [0.3, 0.4) is 0 Å². The van der Waals surface area contributed by atoms with E-state index in [9.17, 15) is 0 Å². The summed E-state index contributed by atoms with van der Waals surface area (Å²) in [6.45, 7) is 6.59. The minimum atomic E-state index is 0.0751. The predicted molar refractivity (Wildman–Crippen MR) is 107 cm³/mol. The fourth-order valence-corrected chi connectivity index (χ4v) is 6.84. The molecule has 4 heteroatoms. The molecule has 1 aliphatic carbocycles. The Hall–Kier alpha value is 0.620. The highest BCUT2D eigenvalue weighted by Crippen LogP contribution is 2.36. The van der Waals surface area contributed by atoms with Crippen LogP contribution in [-0.2, 0) is 9.47 Å². The Kier molecular flexibility index (Phi) is 8.14. The lowest BCUT2D eigenvalue weighted by Gasteiger charge is -2.32. The van der Waals surface area contributed by atoms with Crippen LogP contribution in [0.25, 0.3) is 0 Å². The van der Waals surface area contributed by atoms with Crippen molar-refractivity contribution in [2.45, 2.75) is 76.1 Å². The third-order valence-corrected chi connectivity index (χ3v) is 9.18. The van der Waals surface area contributed by atoms with Crippen molar-refractivity contribution in [1.29, 1.82) is 0 Å². The molecule has 0 N–H and O–H groups in total. The summed E-state index contributed by atoms with van der Waals surface area (Å²) in [5.74, 6) is 6.08. The van der Waals surface area contributed by atoms with Gasteiger partial charge in [-0.3, -0.25) is 0 Å². The van der Waals surface area contributed by atoms with Gasteiger partial charge >= 0.3 is 0 Å². The molecule has 0 amide bonds. The second kappa shape index (κ2) is 10.1. The topological polar surface area (TPSA) is 18.5 Å². The van der Waals surface area contributed by atoms with Crippen molar-refractivity contribution in [3.63, 3.8) is 0 Å². The Morgan fingerprint density at radius 2 is 1.29 bits per heavy atom. The Bertz CT molecular complexity index is 308. The summed E-state index contributed by atoms with van der Waals surface area (Å²) in [6, 6.07) is 0. The van der Waals surface area contributed by atoms with Gasteiger partial charge < -0.3 is 9.47 Å². The maximum Gasteiger partial charge on any atom is 0.157 e. The number of ether oxygens (including phenoxy) is 2. The largest absolute Gasteiger partial charge is 0.352 e. The van der Waals surface area contributed by atoms with Crippen LogP contribution in [0.15, 0.2) is 0 Å². The average molecular weight is 373 g/mol. The summed E-state index contributed by atoms with van der Waals surface area (Å²) < 4.78 is 12.8. The molecule has 3 rings (SSSR count). The first-order valence-electron chi connectivity index (χ1n) is 10.2. The smallest absolute Gasteiger partial charge is 0.157 e. The second-order valence-corrected chi connectivity index (χ2v) is 11.4. The lowest BCUT2D eigenvalue weighted by atomic mass is 9.80. The lowest BCUT2D eigenvalue weighted by molar-refractivity contribution is -0.205. The molecular weight excluding hydrogens is 336 g/mol. The molecule has 2 heterocycles. The highest BCUT2D eigenvalue weighted by Gasteiger charge is 2.26. The third kappa shape index (κ3) is 6.41. The van der Waals surface area contributed by atoms with E-state index < -0.39 is 0 Å². The molecule has 0 bridgehead atoms. The molecule has 0 spiro atoms. The highest BCUT2D eigenvalue weighted by atomic mass is 32.2. The van der Waals surface area contributed by atoms with E-state index >= 15 is 0 Å². The van der Waals surface area contributed by atoms with E-state index in [4.69, 9.17) is 9.47 Å². The van der Waals surface area contributed by atoms with Crippen molar-refractivity contribution < 1.29 is 9.47 Å². The van der Waals surface area contributed by atoms with Crippen molar-refractivity contribution in [3.05, 3.63) is 0 Å². The monoisotopic (exact) mass is 372 g/mol. The summed E-state index contributed by atoms with van der Waals surface area (Å²) in [4.78, 5) is 0. The first-order chi connectivity index (χ1) is 11.7. The molecule has 24 heavy (non-hydrogen) atoms. The normalized spacial score (nSPS) is 41.2. The zero-order chi connectivity index (χ0) is 16.8. The van der Waals surface area contributed by atoms with Crippen molar-refractivity contribution >= 4 is 23.5 Å². The van der Waals surface area contributed by atoms with Crippen LogP contribution in [0, 0.1) is 23.7 Å². The minimum absolute atomic E-state index is 0.0751. The van der Waals surface area contributed by atoms with E-state index in [1.807, 2.05) is 0 Å². The fraction of sp³-hybridized carbons (Fsp3) is 1.00. The second-order valence-electron chi connectivity index (χ2n) is 8.34. The van der Waals surface area contributed by atoms with Gasteiger partial charge in [0.05, 0.1) is 13.2 Å². The van der Waals surface area contributed by atoms with E-state index in [1.165, 1.54) is 56.5 Å². The van der Waals surface area contributed by atoms with E-state index in [0.717, 1.165) is 42.0 Å². The minimum Gasteiger partial charge on any atom is -0.352 e. The van der Waals surface area contributed by atoms with Crippen LogP contribution < -0.4 is 0 Å². The standard InChI is InChI=1S/C20H36O2S2/c1-15-3-5-17(6-4-15)7-8-18-11-21-20(22-12-18)10-9-19-13-23-16(2)24-14-19/h15-20H,3-14H2,1-2H3. The van der Waals surface area contributed by atoms with Gasteiger partial charge in [0.25, 0.3) is 0 Å². The van der Waals surface area contributed by atoms with Gasteiger partial charge in [0, 0.05) is 10.5 Å². The van der Waals surface area contributed by atoms with Crippen molar-refractivity contribution in [3.8, 4) is 0 Å². The first kappa shape index (κ1) is 19.4. The van der Waals surface area contributed by atoms with E-state index in [0.29, 0.717) is 5.92 Å². The maximum atomic E-state index is 6.02. The SMILES string of the molecule is CC1CCC(CCC2COC(CCC3CSC(C)SC3)OC2)CC1. The van der Waals surface area contributed by atoms with Crippen LogP contribution in [0.2, 0.25) is 0 Å². The Morgan fingerprint density at radius 1 is 0.708 bits per heavy atom. The van der Waals surface area contributed by atoms with Crippen LogP contribution in [0.4, 0.5) is 0 Å². The summed E-state index contributed by atoms with van der Waals surface area (Å²) in [5, 5.41) is 0. The lowest BCUT2D eigenvalue weighted by Crippen LogP contribution is -2.33. The molecule has 0 aromatic heterocycles. The van der Waals surface area contributed by atoms with Gasteiger partial charge in [0.15, 0.2) is 6.29 Å². The highest BCUT2D eigenvalue weighted by molar-refractivity contribution is 8.17. The zero-order valence-electron chi connectivity index (χ0n) is 15.6. The van der Waals surface area contributed by atoms with Gasteiger partial charge in [0.2, 0.25) is 0 Å². The van der Waals surface area contributed by atoms with Gasteiger partial charge in [-0.25, -0.2) is 0 Å². The summed E-state index contributed by atoms with van der Waals surface area (Å²) >= 11 is 4.23. The first-order valence-corrected chi connectivity index (χ1v) is 12.2. The molecular formula is C20H36O2S2. The Labute approximate surface area is 157 Å². The molecule has 0 aromatic carbocycles. The van der Waals surface area contributed by atoms with Crippen molar-refractivity contribution in [2.75, 3.05) is 24.7 Å². The molecule has 3 fully saturated rings. The van der Waals surface area contributed by atoms with E-state index in [1.54, 1.807) is 0 Å². The maximum absolute atomic E-state index is 6.02. The van der Waals surface area contributed by atoms with E-state index in [2.05, 4.69) is 37.4 Å². The number of hydrogen-bond acceptors (Lipinski definition) is 4. The number of thioether (sulfide) groups is 2. The van der Waals surface area contributed by atoms with Crippen LogP contribution >= 0.6 is 23.5 Å². The molecule has 0 unspecified atom stereocenters. The Balaban J connectivity index is 1.24. The summed E-state index contributed by atoms with van der Waals surface area (Å²) in [7, 11) is 0. The predicted octanol–water partition coefficient (Wildman–Crippen LogP) is 5.80. The molecule has 2 aliphatic heterocycles. The van der Waals surface area contributed by atoms with Crippen LogP contribution in [0.1, 0.15) is 65.2 Å². The molecule has 3 aliphatic rings. The van der Waals surface area contributed by atoms with Gasteiger partial charge in [-0.1, -0.05) is 39.0 Å². The molecule has 0 aromatic rings. The van der Waals surface area contributed by atoms with Crippen LogP contribution in [0.5, 0.6) is 0 Å². The number of hydrogen-bond donors (Lipinski definition) is 0. The van der Waals surface area contributed by atoms with Crippen molar-refractivity contribution in [1.82, 2.24) is 0 Å². The van der Waals surface area contributed by atoms with Gasteiger partial charge in [-0.2, -0.15) is 0 Å². The summed E-state index contributed by atoms with van der Waals surface area (Å²) in [6.07, 6.45) is 10.9. The van der Waals surface area contributed by atoms with Crippen molar-refractivity contribution in [2.24, 2.45) is 23.7 Å². The summed E-state index contributed by atoms with van der Waals surface area (Å²) in [5.41, 5.74) is 0.